The SMILES string of the molecule is CCN(CC)c1ccc2c(c1)[cH-]c1cccc(N(CC)CC)c12.Cl.Cl.[C-]1=CC=CC1.[Zr+2]=[C](c1ccccc1)c1ccccc1. The van der Waals surface area contributed by atoms with Crippen molar-refractivity contribution in [1.82, 2.24) is 0 Å². The van der Waals surface area contributed by atoms with E-state index in [1.807, 2.05) is 12.2 Å². The predicted octanol–water partition coefficient (Wildman–Crippen LogP) is 10.4. The van der Waals surface area contributed by atoms with E-state index in [0.717, 1.165) is 32.6 Å². The molecule has 0 heterocycles. The number of benzene rings is 4. The summed E-state index contributed by atoms with van der Waals surface area (Å²) < 4.78 is 1.42. The van der Waals surface area contributed by atoms with Crippen molar-refractivity contribution < 1.29 is 24.2 Å². The second-order valence-corrected chi connectivity index (χ2v) is 11.3. The Balaban J connectivity index is 0.000000273. The first-order valence-electron chi connectivity index (χ1n) is 15.1. The Morgan fingerprint density at radius 2 is 1.30 bits per heavy atom. The van der Waals surface area contributed by atoms with Crippen LogP contribution in [0, 0.1) is 6.08 Å². The Morgan fingerprint density at radius 1 is 0.705 bits per heavy atom. The molecule has 0 saturated heterocycles. The standard InChI is InChI=1S/C21H27N2.C13H10.C5H5.2ClH.Zr/c1-5-22(6-2)18-12-13-19-17(15-18)14-16-10-9-11-20(21(16)19)23(7-3)8-4;1-3-7-12(8-4-1)11-13-9-5-2-6-10-13;1-2-4-5-3-1;;;/h9-15H,5-8H2,1-4H3;1-10H;1-3H,4H2;2*1H;/q-1;;-1;;;+2. The van der Waals surface area contributed by atoms with Crippen molar-refractivity contribution >= 4 is 60.9 Å². The molecule has 0 aromatic heterocycles. The summed E-state index contributed by atoms with van der Waals surface area (Å²) in [5.41, 5.74) is 5.34. The molecule has 5 heteroatoms. The van der Waals surface area contributed by atoms with Crippen LogP contribution in [-0.4, -0.2) is 29.4 Å². The molecule has 0 fully saturated rings. The van der Waals surface area contributed by atoms with Gasteiger partial charge in [-0.05, 0) is 27.7 Å². The van der Waals surface area contributed by atoms with Crippen LogP contribution in [0.5, 0.6) is 0 Å². The quantitative estimate of drug-likeness (QED) is 0.149. The number of hydrogen-bond donors (Lipinski definition) is 0. The van der Waals surface area contributed by atoms with E-state index in [1.165, 1.54) is 71.5 Å². The van der Waals surface area contributed by atoms with Gasteiger partial charge in [0.05, 0.1) is 0 Å². The summed E-state index contributed by atoms with van der Waals surface area (Å²) in [6.07, 6.45) is 10.0. The molecule has 0 bridgehead atoms. The maximum atomic E-state index is 2.99. The van der Waals surface area contributed by atoms with Crippen LogP contribution in [0.25, 0.3) is 21.5 Å². The van der Waals surface area contributed by atoms with Gasteiger partial charge >= 0.3 is 99.2 Å². The zero-order valence-electron chi connectivity index (χ0n) is 26.3. The van der Waals surface area contributed by atoms with Crippen LogP contribution in [-0.2, 0) is 24.2 Å². The number of hydrogen-bond acceptors (Lipinski definition) is 2. The first-order valence-corrected chi connectivity index (χ1v) is 16.4. The van der Waals surface area contributed by atoms with Gasteiger partial charge < -0.3 is 9.80 Å². The number of nitrogens with zero attached hydrogens (tertiary/aromatic N) is 2. The van der Waals surface area contributed by atoms with E-state index < -0.39 is 0 Å². The molecule has 1 aliphatic rings. The molecule has 0 aliphatic heterocycles. The van der Waals surface area contributed by atoms with Crippen molar-refractivity contribution in [1.29, 1.82) is 0 Å². The summed E-state index contributed by atoms with van der Waals surface area (Å²) in [6, 6.07) is 37.0. The fraction of sp³-hybridized carbons (Fsp3) is 0.231. The van der Waals surface area contributed by atoms with Gasteiger partial charge in [0.25, 0.3) is 0 Å². The van der Waals surface area contributed by atoms with Crippen LogP contribution in [0.3, 0.4) is 0 Å². The molecule has 0 radical (unpaired) electrons. The number of fused-ring (bicyclic) bond motifs is 3. The van der Waals surface area contributed by atoms with Gasteiger partial charge in [-0.1, -0.05) is 35.7 Å². The molecule has 0 atom stereocenters. The zero-order chi connectivity index (χ0) is 29.7. The van der Waals surface area contributed by atoms with Crippen molar-refractivity contribution in [3.63, 3.8) is 0 Å². The summed E-state index contributed by atoms with van der Waals surface area (Å²) >= 11 is 1.46. The second kappa shape index (κ2) is 19.5. The molecule has 0 N–H and O–H groups in total. The van der Waals surface area contributed by atoms with Crippen molar-refractivity contribution in [2.24, 2.45) is 0 Å². The first-order chi connectivity index (χ1) is 20.6. The van der Waals surface area contributed by atoms with Crippen LogP contribution >= 0.6 is 24.8 Å². The van der Waals surface area contributed by atoms with Gasteiger partial charge in [-0.3, -0.25) is 6.08 Å². The van der Waals surface area contributed by atoms with Gasteiger partial charge in [0.15, 0.2) is 0 Å². The topological polar surface area (TPSA) is 6.48 Å². The van der Waals surface area contributed by atoms with Crippen LogP contribution in [0.15, 0.2) is 121 Å². The molecule has 1 aliphatic carbocycles. The van der Waals surface area contributed by atoms with Gasteiger partial charge in [0.2, 0.25) is 0 Å². The molecule has 228 valence electrons. The normalized spacial score (nSPS) is 11.0. The molecule has 2 nitrogen and oxygen atoms in total. The molecule has 5 aromatic carbocycles. The summed E-state index contributed by atoms with van der Waals surface area (Å²) in [5.74, 6) is 0. The first kappa shape index (κ1) is 37.4. The number of halogens is 2. The minimum absolute atomic E-state index is 0. The molecular weight excluding hydrogens is 659 g/mol. The van der Waals surface area contributed by atoms with E-state index in [4.69, 9.17) is 0 Å². The molecule has 0 amide bonds. The Morgan fingerprint density at radius 3 is 1.77 bits per heavy atom. The van der Waals surface area contributed by atoms with E-state index in [2.05, 4.69) is 153 Å². The average molecular weight is 703 g/mol. The van der Waals surface area contributed by atoms with Crippen LogP contribution in [0.2, 0.25) is 0 Å². The van der Waals surface area contributed by atoms with Gasteiger partial charge in [0.1, 0.15) is 0 Å². The maximum absolute atomic E-state index is 2.99. The number of rotatable bonds is 8. The molecule has 0 saturated carbocycles. The van der Waals surface area contributed by atoms with E-state index in [-0.39, 0.29) is 24.8 Å². The van der Waals surface area contributed by atoms with E-state index in [0.29, 0.717) is 0 Å². The zero-order valence-corrected chi connectivity index (χ0v) is 30.4. The fourth-order valence-electron chi connectivity index (χ4n) is 5.37. The third-order valence-corrected chi connectivity index (χ3v) is 9.05. The molecule has 44 heavy (non-hydrogen) atoms. The Kier molecular flexibility index (Phi) is 16.6. The fourth-order valence-corrected chi connectivity index (χ4v) is 6.19. The molecular formula is C39H44Cl2N2Zr. The monoisotopic (exact) mass is 700 g/mol. The summed E-state index contributed by atoms with van der Waals surface area (Å²) in [5, 5.41) is 5.47. The van der Waals surface area contributed by atoms with Crippen LogP contribution < -0.4 is 9.80 Å². The van der Waals surface area contributed by atoms with E-state index >= 15 is 0 Å². The average Bonchev–Trinajstić information content (AvgIpc) is 3.75. The Bertz CT molecular complexity index is 1560. The summed E-state index contributed by atoms with van der Waals surface area (Å²) in [4.78, 5) is 4.85. The van der Waals surface area contributed by atoms with Gasteiger partial charge in [0, 0.05) is 37.6 Å². The Labute approximate surface area is 292 Å². The second-order valence-electron chi connectivity index (χ2n) is 10.1. The summed E-state index contributed by atoms with van der Waals surface area (Å²) in [7, 11) is 0. The third-order valence-electron chi connectivity index (χ3n) is 7.63. The van der Waals surface area contributed by atoms with Crippen molar-refractivity contribution in [3.05, 3.63) is 139 Å². The van der Waals surface area contributed by atoms with Crippen molar-refractivity contribution in [2.75, 3.05) is 36.0 Å². The number of allylic oxidation sites excluding steroid dienone is 4. The molecule has 0 unspecified atom stereocenters. The van der Waals surface area contributed by atoms with Crippen molar-refractivity contribution in [2.45, 2.75) is 34.1 Å². The summed E-state index contributed by atoms with van der Waals surface area (Å²) in [6.45, 7) is 13.1. The van der Waals surface area contributed by atoms with Crippen LogP contribution in [0.1, 0.15) is 45.2 Å². The van der Waals surface area contributed by atoms with Gasteiger partial charge in [-0.2, -0.15) is 6.08 Å². The minimum atomic E-state index is 0. The van der Waals surface area contributed by atoms with Gasteiger partial charge in [-0.15, -0.1) is 59.5 Å². The van der Waals surface area contributed by atoms with Gasteiger partial charge in [-0.25, -0.2) is 12.2 Å². The van der Waals surface area contributed by atoms with E-state index in [9.17, 15) is 0 Å². The van der Waals surface area contributed by atoms with Crippen molar-refractivity contribution in [3.8, 4) is 0 Å². The predicted molar refractivity (Wildman–Crippen MR) is 196 cm³/mol. The Hall–Kier alpha value is -2.84. The van der Waals surface area contributed by atoms with Crippen LogP contribution in [0.4, 0.5) is 11.4 Å². The number of anilines is 2. The third kappa shape index (κ3) is 9.58. The molecule has 6 rings (SSSR count). The molecule has 5 aromatic rings. The van der Waals surface area contributed by atoms with E-state index in [1.54, 1.807) is 0 Å². The molecule has 0 spiro atoms.